The molecule has 2 heterocycles. The smallest absolute Gasteiger partial charge is 0.384 e. The van der Waals surface area contributed by atoms with Crippen LogP contribution in [0.5, 0.6) is 0 Å². The third kappa shape index (κ3) is 6.59. The number of carbonyl (C=O) groups is 2. The fraction of sp³-hybridized carbons (Fsp3) is 0.409. The molecular formula is C22H22F3N5O5S2. The molecule has 198 valence electrons. The van der Waals surface area contributed by atoms with Crippen LogP contribution >= 0.6 is 11.3 Å². The molecule has 3 aromatic rings. The van der Waals surface area contributed by atoms with Gasteiger partial charge in [0.2, 0.25) is 17.6 Å². The molecule has 10 nitrogen and oxygen atoms in total. The van der Waals surface area contributed by atoms with Crippen LogP contribution in [0, 0.1) is 0 Å². The second-order valence-corrected chi connectivity index (χ2v) is 11.6. The standard InChI is InChI=1S/C22H22F3N5O5S2/c1-35-6-7-37(33,34)18(19(32)26-11-17(31)29-14-3-4-14)20-30-15-5-2-12(8-16(15)36-20)13-9-27-21(28-10-13)22(23,24)25/h2,5,8-10,14,18H,3-4,6-7,11H2,1H3,(H,26,32)(H,29,31). The van der Waals surface area contributed by atoms with Crippen LogP contribution in [0.1, 0.15) is 28.9 Å². The second-order valence-electron chi connectivity index (χ2n) is 8.33. The number of hydrogen-bond donors (Lipinski definition) is 2. The number of thiazole rings is 1. The van der Waals surface area contributed by atoms with Gasteiger partial charge in [-0.2, -0.15) is 13.2 Å². The number of alkyl halides is 3. The van der Waals surface area contributed by atoms with Crippen molar-refractivity contribution in [3.8, 4) is 11.1 Å². The molecule has 37 heavy (non-hydrogen) atoms. The molecule has 1 aromatic carbocycles. The van der Waals surface area contributed by atoms with E-state index < -0.39 is 44.7 Å². The topological polar surface area (TPSA) is 140 Å². The zero-order valence-electron chi connectivity index (χ0n) is 19.4. The summed E-state index contributed by atoms with van der Waals surface area (Å²) in [6, 6.07) is 4.82. The van der Waals surface area contributed by atoms with Gasteiger partial charge in [0.1, 0.15) is 5.01 Å². The summed E-state index contributed by atoms with van der Waals surface area (Å²) in [6.45, 7) is -0.522. The van der Waals surface area contributed by atoms with Crippen LogP contribution in [0.2, 0.25) is 0 Å². The molecule has 1 fully saturated rings. The van der Waals surface area contributed by atoms with Crippen molar-refractivity contribution < 1.29 is 35.9 Å². The first-order valence-electron chi connectivity index (χ1n) is 11.1. The largest absolute Gasteiger partial charge is 0.451 e. The van der Waals surface area contributed by atoms with Gasteiger partial charge < -0.3 is 15.4 Å². The van der Waals surface area contributed by atoms with E-state index in [1.165, 1.54) is 7.11 Å². The molecule has 1 saturated carbocycles. The summed E-state index contributed by atoms with van der Waals surface area (Å²) in [5, 5.41) is 3.41. The first-order valence-corrected chi connectivity index (χ1v) is 13.6. The van der Waals surface area contributed by atoms with Crippen molar-refractivity contribution in [3.05, 3.63) is 41.4 Å². The molecule has 0 radical (unpaired) electrons. The van der Waals surface area contributed by atoms with Gasteiger partial charge in [-0.3, -0.25) is 9.59 Å². The number of sulfone groups is 1. The Balaban J connectivity index is 1.61. The highest BCUT2D eigenvalue weighted by Crippen LogP contribution is 2.34. The first kappa shape index (κ1) is 26.9. The van der Waals surface area contributed by atoms with Crippen LogP contribution in [-0.4, -0.2) is 67.2 Å². The van der Waals surface area contributed by atoms with E-state index in [4.69, 9.17) is 4.74 Å². The molecule has 2 amide bonds. The minimum atomic E-state index is -4.67. The Bertz CT molecular complexity index is 1410. The average Bonchev–Trinajstić information content (AvgIpc) is 3.56. The summed E-state index contributed by atoms with van der Waals surface area (Å²) in [6.07, 6.45) is -0.869. The lowest BCUT2D eigenvalue weighted by molar-refractivity contribution is -0.145. The van der Waals surface area contributed by atoms with E-state index in [1.54, 1.807) is 18.2 Å². The molecule has 0 saturated heterocycles. The van der Waals surface area contributed by atoms with Crippen molar-refractivity contribution in [1.82, 2.24) is 25.6 Å². The lowest BCUT2D eigenvalue weighted by Crippen LogP contribution is -2.41. The van der Waals surface area contributed by atoms with Crippen molar-refractivity contribution in [2.45, 2.75) is 30.3 Å². The molecule has 2 N–H and O–H groups in total. The predicted octanol–water partition coefficient (Wildman–Crippen LogP) is 2.27. The van der Waals surface area contributed by atoms with E-state index in [2.05, 4.69) is 25.6 Å². The fourth-order valence-electron chi connectivity index (χ4n) is 3.37. The lowest BCUT2D eigenvalue weighted by Gasteiger charge is -2.15. The van der Waals surface area contributed by atoms with Gasteiger partial charge in [-0.25, -0.2) is 23.4 Å². The highest BCUT2D eigenvalue weighted by Gasteiger charge is 2.37. The Hall–Kier alpha value is -3.17. The van der Waals surface area contributed by atoms with Crippen LogP contribution in [0.4, 0.5) is 13.2 Å². The normalized spacial score (nSPS) is 14.9. The van der Waals surface area contributed by atoms with Gasteiger partial charge >= 0.3 is 6.18 Å². The number of amides is 2. The van der Waals surface area contributed by atoms with Gasteiger partial charge in [-0.1, -0.05) is 6.07 Å². The van der Waals surface area contributed by atoms with Crippen molar-refractivity contribution in [2.75, 3.05) is 26.0 Å². The van der Waals surface area contributed by atoms with Crippen molar-refractivity contribution in [3.63, 3.8) is 0 Å². The average molecular weight is 558 g/mol. The number of benzene rings is 1. The van der Waals surface area contributed by atoms with E-state index in [9.17, 15) is 31.2 Å². The quantitative estimate of drug-likeness (QED) is 0.387. The summed E-state index contributed by atoms with van der Waals surface area (Å²) in [7, 11) is -2.74. The highest BCUT2D eigenvalue weighted by atomic mass is 32.2. The van der Waals surface area contributed by atoms with Crippen LogP contribution in [0.25, 0.3) is 21.3 Å². The third-order valence-electron chi connectivity index (χ3n) is 5.40. The minimum Gasteiger partial charge on any atom is -0.384 e. The number of carbonyl (C=O) groups excluding carboxylic acids is 2. The number of aromatic nitrogens is 3. The lowest BCUT2D eigenvalue weighted by atomic mass is 10.1. The number of halogens is 3. The Labute approximate surface area is 213 Å². The molecule has 0 spiro atoms. The SMILES string of the molecule is COCCS(=O)(=O)C(C(=O)NCC(=O)NC1CC1)c1nc2ccc(-c3cnc(C(F)(F)F)nc3)cc2s1. The Morgan fingerprint density at radius 3 is 2.51 bits per heavy atom. The van der Waals surface area contributed by atoms with E-state index in [1.807, 2.05) is 0 Å². The Kier molecular flexibility index (Phi) is 7.75. The van der Waals surface area contributed by atoms with Crippen LogP contribution in [0.3, 0.4) is 0 Å². The molecule has 2 aromatic heterocycles. The maximum Gasteiger partial charge on any atom is 0.451 e. The van der Waals surface area contributed by atoms with Crippen LogP contribution in [-0.2, 0) is 30.3 Å². The number of rotatable bonds is 10. The Morgan fingerprint density at radius 1 is 1.19 bits per heavy atom. The number of hydrogen-bond acceptors (Lipinski definition) is 9. The predicted molar refractivity (Wildman–Crippen MR) is 128 cm³/mol. The van der Waals surface area contributed by atoms with Crippen molar-refractivity contribution >= 4 is 43.2 Å². The monoisotopic (exact) mass is 557 g/mol. The number of nitrogens with zero attached hydrogens (tertiary/aromatic N) is 3. The highest BCUT2D eigenvalue weighted by molar-refractivity contribution is 7.92. The van der Waals surface area contributed by atoms with Gasteiger partial charge in [0.15, 0.2) is 15.1 Å². The van der Waals surface area contributed by atoms with Gasteiger partial charge in [0, 0.05) is 31.1 Å². The van der Waals surface area contributed by atoms with E-state index >= 15 is 0 Å². The second kappa shape index (κ2) is 10.7. The van der Waals surface area contributed by atoms with E-state index in [0.29, 0.717) is 21.3 Å². The maximum atomic E-state index is 13.1. The first-order chi connectivity index (χ1) is 17.5. The van der Waals surface area contributed by atoms with Gasteiger partial charge in [-0.05, 0) is 30.5 Å². The molecule has 1 atom stereocenters. The number of ether oxygens (including phenoxy) is 1. The maximum absolute atomic E-state index is 13.1. The summed E-state index contributed by atoms with van der Waals surface area (Å²) < 4.78 is 69.8. The summed E-state index contributed by atoms with van der Waals surface area (Å²) in [5.74, 6) is -3.02. The molecule has 1 aliphatic carbocycles. The summed E-state index contributed by atoms with van der Waals surface area (Å²) in [4.78, 5) is 36.0. The van der Waals surface area contributed by atoms with Gasteiger partial charge in [-0.15, -0.1) is 11.3 Å². The molecule has 4 rings (SSSR count). The zero-order chi connectivity index (χ0) is 26.8. The number of methoxy groups -OCH3 is 1. The summed E-state index contributed by atoms with van der Waals surface area (Å²) in [5.41, 5.74) is 1.19. The molecule has 1 unspecified atom stereocenters. The molecule has 0 aliphatic heterocycles. The number of fused-ring (bicyclic) bond motifs is 1. The third-order valence-corrected chi connectivity index (χ3v) is 8.53. The Morgan fingerprint density at radius 2 is 1.89 bits per heavy atom. The van der Waals surface area contributed by atoms with Gasteiger partial charge in [0.25, 0.3) is 0 Å². The fourth-order valence-corrected chi connectivity index (χ4v) is 6.35. The van der Waals surface area contributed by atoms with E-state index in [-0.39, 0.29) is 24.2 Å². The zero-order valence-corrected chi connectivity index (χ0v) is 21.0. The van der Waals surface area contributed by atoms with Crippen molar-refractivity contribution in [2.24, 2.45) is 0 Å². The number of nitrogens with one attached hydrogen (secondary N) is 2. The minimum absolute atomic E-state index is 0.00739. The molecular weight excluding hydrogens is 535 g/mol. The van der Waals surface area contributed by atoms with Crippen molar-refractivity contribution in [1.29, 1.82) is 0 Å². The molecule has 0 bridgehead atoms. The van der Waals surface area contributed by atoms with E-state index in [0.717, 1.165) is 36.6 Å². The van der Waals surface area contributed by atoms with Crippen LogP contribution in [0.15, 0.2) is 30.6 Å². The summed E-state index contributed by atoms with van der Waals surface area (Å²) >= 11 is 0.952. The molecule has 15 heteroatoms. The molecule has 1 aliphatic rings. The van der Waals surface area contributed by atoms with Crippen LogP contribution < -0.4 is 10.6 Å². The van der Waals surface area contributed by atoms with Gasteiger partial charge in [0.05, 0.1) is 29.1 Å².